The molecule has 0 radical (unpaired) electrons. The van der Waals surface area contributed by atoms with Gasteiger partial charge in [-0.15, -0.1) is 0 Å². The van der Waals surface area contributed by atoms with Gasteiger partial charge in [-0.05, 0) is 12.5 Å². The van der Waals surface area contributed by atoms with E-state index in [9.17, 15) is 28.6 Å². The maximum Gasteiger partial charge on any atom is 0.355 e. The van der Waals surface area contributed by atoms with Crippen LogP contribution in [0, 0.1) is 47.3 Å². The van der Waals surface area contributed by atoms with Gasteiger partial charge in [0.15, 0.2) is 5.82 Å². The molecule has 12 atom stereocenters. The number of ether oxygens (including phenoxy) is 6. The van der Waals surface area contributed by atoms with Gasteiger partial charge in [0, 0.05) is 57.0 Å². The molecule has 1 saturated carbocycles. The van der Waals surface area contributed by atoms with Crippen LogP contribution in [0.25, 0.3) is 0 Å². The van der Waals surface area contributed by atoms with Gasteiger partial charge in [0.2, 0.25) is 5.95 Å². The first-order valence-corrected chi connectivity index (χ1v) is 14.3. The third-order valence-corrected chi connectivity index (χ3v) is 9.45. The van der Waals surface area contributed by atoms with Crippen LogP contribution in [0.5, 0.6) is 0 Å². The number of halogens is 2. The Kier molecular flexibility index (Phi) is 9.13. The van der Waals surface area contributed by atoms with Gasteiger partial charge in [0.05, 0.1) is 31.8 Å². The molecule has 5 rings (SSSR count). The fourth-order valence-electron chi connectivity index (χ4n) is 7.70. The molecule has 43 heavy (non-hydrogen) atoms. The molecule has 1 saturated heterocycles. The van der Waals surface area contributed by atoms with E-state index >= 15 is 0 Å². The number of H-pyrrole nitrogens is 1. The smallest absolute Gasteiger partial charge is 0.355 e. The summed E-state index contributed by atoms with van der Waals surface area (Å²) in [5.74, 6) is -7.96. The number of nitrogens with one attached hydrogen (secondary N) is 1. The molecule has 13 heteroatoms. The molecule has 0 amide bonds. The van der Waals surface area contributed by atoms with E-state index in [1.54, 1.807) is 0 Å². The highest BCUT2D eigenvalue weighted by Gasteiger charge is 2.71. The topological polar surface area (TPSA) is 146 Å². The second-order valence-corrected chi connectivity index (χ2v) is 11.9. The molecule has 2 aliphatic heterocycles. The van der Waals surface area contributed by atoms with Crippen LogP contribution in [0.4, 0.5) is 8.78 Å². The molecule has 4 bridgehead atoms. The second kappa shape index (κ2) is 12.4. The second-order valence-electron chi connectivity index (χ2n) is 11.9. The molecule has 0 unspecified atom stereocenters. The molecule has 1 aromatic rings. The Bertz CT molecular complexity index is 1250. The number of methoxy groups -OCH3 is 3. The van der Waals surface area contributed by atoms with E-state index < -0.39 is 101 Å². The third-order valence-electron chi connectivity index (χ3n) is 9.45. The first-order valence-electron chi connectivity index (χ1n) is 14.3. The van der Waals surface area contributed by atoms with Crippen LogP contribution in [0.2, 0.25) is 0 Å². The van der Waals surface area contributed by atoms with Crippen LogP contribution < -0.4 is 0 Å². The van der Waals surface area contributed by atoms with Crippen molar-refractivity contribution in [1.29, 1.82) is 0 Å². The predicted octanol–water partition coefficient (Wildman–Crippen LogP) is 1.79. The van der Waals surface area contributed by atoms with E-state index in [1.807, 2.05) is 37.1 Å². The lowest BCUT2D eigenvalue weighted by Gasteiger charge is -2.49. The molecular weight excluding hydrogens is 572 g/mol. The van der Waals surface area contributed by atoms with E-state index in [1.165, 1.54) is 21.3 Å². The first kappa shape index (κ1) is 31.7. The molecule has 4 aliphatic rings. The van der Waals surface area contributed by atoms with Gasteiger partial charge < -0.3 is 43.6 Å². The van der Waals surface area contributed by atoms with Crippen molar-refractivity contribution in [2.45, 2.75) is 50.0 Å². The minimum absolute atomic E-state index is 0.00586. The highest BCUT2D eigenvalue weighted by Crippen LogP contribution is 2.62. The number of aliphatic hydroxyl groups excluding tert-OH is 2. The van der Waals surface area contributed by atoms with E-state index in [-0.39, 0.29) is 19.8 Å². The van der Waals surface area contributed by atoms with Crippen molar-refractivity contribution >= 4 is 11.9 Å². The molecule has 238 valence electrons. The summed E-state index contributed by atoms with van der Waals surface area (Å²) in [5, 5.41) is 22.8. The van der Waals surface area contributed by atoms with Crippen molar-refractivity contribution in [3.8, 4) is 0 Å². The molecule has 11 nitrogen and oxygen atoms in total. The highest BCUT2D eigenvalue weighted by atomic mass is 19.2. The van der Waals surface area contributed by atoms with Crippen LogP contribution in [-0.2, 0) is 33.2 Å². The number of hydrogen-bond acceptors (Lipinski definition) is 10. The number of rotatable bonds is 9. The summed E-state index contributed by atoms with van der Waals surface area (Å²) in [4.78, 5) is 28.9. The quantitative estimate of drug-likeness (QED) is 0.279. The van der Waals surface area contributed by atoms with Crippen molar-refractivity contribution < 1.29 is 57.0 Å². The first-order chi connectivity index (χ1) is 20.5. The van der Waals surface area contributed by atoms with Crippen LogP contribution in [-0.4, -0.2) is 104 Å². The molecule has 1 aromatic heterocycles. The number of hydrogen-bond donors (Lipinski definition) is 3. The van der Waals surface area contributed by atoms with E-state index in [0.717, 1.165) is 0 Å². The summed E-state index contributed by atoms with van der Waals surface area (Å²) in [6.07, 6.45) is 0.551. The fourth-order valence-corrected chi connectivity index (χ4v) is 7.70. The third kappa shape index (κ3) is 5.23. The zero-order valence-electron chi connectivity index (χ0n) is 24.7. The normalized spacial score (nSPS) is 40.4. The number of aromatic nitrogens is 1. The maximum atomic E-state index is 13.8. The average molecular weight is 612 g/mol. The SMILES string of the molecule is COC[C@@H]1[C@@H](O)[C@@H]2[C@H]3C=C[C@@H]4[C@@H](COC)C(=O)O[C@H]([C@H](O)COC)[C@H](C)/C=C(\C)[C@@]24O[C@H]3[C@@H]1OC(=O)c1cc(F)c(F)[nH]1. The van der Waals surface area contributed by atoms with Gasteiger partial charge >= 0.3 is 11.9 Å². The summed E-state index contributed by atoms with van der Waals surface area (Å²) < 4.78 is 62.0. The number of cyclic esters (lactones) is 1. The summed E-state index contributed by atoms with van der Waals surface area (Å²) in [6.45, 7) is 3.57. The number of aromatic amines is 1. The maximum absolute atomic E-state index is 13.8. The van der Waals surface area contributed by atoms with E-state index in [2.05, 4.69) is 0 Å². The van der Waals surface area contributed by atoms with Crippen LogP contribution >= 0.6 is 0 Å². The lowest BCUT2D eigenvalue weighted by molar-refractivity contribution is -0.173. The van der Waals surface area contributed by atoms with Crippen LogP contribution in [0.15, 0.2) is 29.9 Å². The molecule has 2 fully saturated rings. The van der Waals surface area contributed by atoms with Gasteiger partial charge in [-0.3, -0.25) is 4.79 Å². The summed E-state index contributed by atoms with van der Waals surface area (Å²) in [5.41, 5.74) is -0.971. The Balaban J connectivity index is 1.60. The van der Waals surface area contributed by atoms with E-state index in [0.29, 0.717) is 11.6 Å². The monoisotopic (exact) mass is 611 g/mol. The Labute approximate surface area is 248 Å². The number of aliphatic hydroxyl groups is 2. The van der Waals surface area contributed by atoms with Crippen molar-refractivity contribution in [1.82, 2.24) is 4.98 Å². The number of carbonyl (C=O) groups excluding carboxylic acids is 2. The lowest BCUT2D eigenvalue weighted by Crippen LogP contribution is -2.59. The van der Waals surface area contributed by atoms with Gasteiger partial charge in [-0.2, -0.15) is 4.39 Å². The summed E-state index contributed by atoms with van der Waals surface area (Å²) in [6, 6.07) is 0.704. The molecule has 2 aliphatic carbocycles. The lowest BCUT2D eigenvalue weighted by atomic mass is 9.56. The van der Waals surface area contributed by atoms with Crippen molar-refractivity contribution in [2.24, 2.45) is 35.5 Å². The van der Waals surface area contributed by atoms with Gasteiger partial charge in [0.1, 0.15) is 35.7 Å². The molecular formula is C30H39F2NO10. The Morgan fingerprint density at radius 2 is 1.88 bits per heavy atom. The van der Waals surface area contributed by atoms with Crippen molar-refractivity contribution in [2.75, 3.05) is 41.2 Å². The molecule has 3 heterocycles. The molecule has 3 N–H and O–H groups in total. The predicted molar refractivity (Wildman–Crippen MR) is 145 cm³/mol. The molecule has 1 spiro atoms. The van der Waals surface area contributed by atoms with Crippen molar-refractivity contribution in [3.63, 3.8) is 0 Å². The Morgan fingerprint density at radius 3 is 2.51 bits per heavy atom. The molecule has 0 aromatic carbocycles. The summed E-state index contributed by atoms with van der Waals surface area (Å²) in [7, 11) is 4.35. The zero-order chi connectivity index (χ0) is 31.2. The van der Waals surface area contributed by atoms with Crippen LogP contribution in [0.3, 0.4) is 0 Å². The average Bonchev–Trinajstić information content (AvgIpc) is 3.40. The Morgan fingerprint density at radius 1 is 1.16 bits per heavy atom. The largest absolute Gasteiger partial charge is 0.459 e. The number of carbonyl (C=O) groups is 2. The highest BCUT2D eigenvalue weighted by molar-refractivity contribution is 5.87. The van der Waals surface area contributed by atoms with Gasteiger partial charge in [-0.25, -0.2) is 9.18 Å². The van der Waals surface area contributed by atoms with Crippen molar-refractivity contribution in [3.05, 3.63) is 47.3 Å². The van der Waals surface area contributed by atoms with Gasteiger partial charge in [-0.1, -0.05) is 25.2 Å². The summed E-state index contributed by atoms with van der Waals surface area (Å²) >= 11 is 0. The minimum atomic E-state index is -1.30. The van der Waals surface area contributed by atoms with Crippen LogP contribution in [0.1, 0.15) is 24.3 Å². The zero-order valence-corrected chi connectivity index (χ0v) is 24.7. The Hall–Kier alpha value is -2.68. The van der Waals surface area contributed by atoms with E-state index in [4.69, 9.17) is 28.4 Å². The minimum Gasteiger partial charge on any atom is -0.459 e. The standard InChI is InChI=1S/C30H39F2NO10/c1-13-8-14(2)30-18(16(10-38-3)28(36)41-24(13)21(34)12-40-5)7-6-15-22(30)23(35)17(11-39-4)25(26(15)43-30)42-29(37)20-9-19(31)27(32)33-20/h6-9,13,15-18,21-26,33-35H,10-12H2,1-5H3/b14-8+/t13-,15-,16-,17-,18-,21-,22+,23-,24+,25-,26-,30+/m1/s1. The van der Waals surface area contributed by atoms with Gasteiger partial charge in [0.25, 0.3) is 0 Å². The fraction of sp³-hybridized carbons (Fsp3) is 0.667. The number of esters is 2.